The number of carbonyl (C=O) groups is 1. The Kier molecular flexibility index (Phi) is 5.16. The van der Waals surface area contributed by atoms with Crippen molar-refractivity contribution in [1.29, 1.82) is 0 Å². The molecule has 0 spiro atoms. The number of amides is 1. The molecule has 2 aromatic heterocycles. The van der Waals surface area contributed by atoms with Crippen LogP contribution in [-0.2, 0) is 4.79 Å². The van der Waals surface area contributed by atoms with Gasteiger partial charge in [-0.2, -0.15) is 5.10 Å². The number of anilines is 3. The Labute approximate surface area is 170 Å². The van der Waals surface area contributed by atoms with Crippen molar-refractivity contribution in [3.05, 3.63) is 53.9 Å². The molecule has 1 aromatic carbocycles. The molecular weight excluding hydrogens is 422 g/mol. The molecule has 1 aliphatic rings. The second kappa shape index (κ2) is 7.89. The molecule has 3 aromatic rings. The largest absolute Gasteiger partial charge is 0.352 e. The monoisotopic (exact) mass is 439 g/mol. The van der Waals surface area contributed by atoms with Gasteiger partial charge in [-0.15, -0.1) is 5.10 Å². The number of halogens is 1. The number of fused-ring (bicyclic) bond motifs is 1. The highest BCUT2D eigenvalue weighted by atomic mass is 79.9. The van der Waals surface area contributed by atoms with E-state index in [0.29, 0.717) is 11.6 Å². The normalized spacial score (nSPS) is 16.2. The number of hydrogen-bond acceptors (Lipinski definition) is 7. The lowest BCUT2D eigenvalue weighted by Crippen LogP contribution is -2.27. The molecule has 8 nitrogen and oxygen atoms in total. The SMILES string of the molecule is C=CC(=O)Nc1ccc2c(N3CCC(Nc4ncc(Br)cn4)C3)nncc2c1. The average Bonchev–Trinajstić information content (AvgIpc) is 3.17. The van der Waals surface area contributed by atoms with Crippen molar-refractivity contribution in [3.63, 3.8) is 0 Å². The van der Waals surface area contributed by atoms with Gasteiger partial charge in [0.05, 0.1) is 10.7 Å². The maximum Gasteiger partial charge on any atom is 0.247 e. The molecule has 1 amide bonds. The predicted octanol–water partition coefficient (Wildman–Crippen LogP) is 3.00. The van der Waals surface area contributed by atoms with Crippen LogP contribution in [0.1, 0.15) is 6.42 Å². The number of carbonyl (C=O) groups excluding carboxylic acids is 1. The molecule has 1 atom stereocenters. The fourth-order valence-electron chi connectivity index (χ4n) is 3.22. The van der Waals surface area contributed by atoms with Crippen molar-refractivity contribution >= 4 is 50.1 Å². The molecule has 3 heterocycles. The van der Waals surface area contributed by atoms with Gasteiger partial charge in [-0.25, -0.2) is 9.97 Å². The molecule has 0 bridgehead atoms. The quantitative estimate of drug-likeness (QED) is 0.589. The number of nitrogens with one attached hydrogen (secondary N) is 2. The summed E-state index contributed by atoms with van der Waals surface area (Å²) in [7, 11) is 0. The van der Waals surface area contributed by atoms with Gasteiger partial charge in [-0.05, 0) is 46.6 Å². The van der Waals surface area contributed by atoms with E-state index in [1.807, 2.05) is 18.2 Å². The first kappa shape index (κ1) is 18.3. The van der Waals surface area contributed by atoms with Crippen LogP contribution in [0.5, 0.6) is 0 Å². The van der Waals surface area contributed by atoms with Crippen molar-refractivity contribution in [3.8, 4) is 0 Å². The molecule has 1 saturated heterocycles. The highest BCUT2D eigenvalue weighted by molar-refractivity contribution is 9.10. The zero-order valence-corrected chi connectivity index (χ0v) is 16.6. The van der Waals surface area contributed by atoms with Crippen LogP contribution in [0.15, 0.2) is 53.9 Å². The first-order valence-corrected chi connectivity index (χ1v) is 9.59. The molecule has 4 rings (SSSR count). The third kappa shape index (κ3) is 3.94. The lowest BCUT2D eigenvalue weighted by Gasteiger charge is -2.19. The van der Waals surface area contributed by atoms with Gasteiger partial charge < -0.3 is 15.5 Å². The number of hydrogen-bond donors (Lipinski definition) is 2. The third-order valence-electron chi connectivity index (χ3n) is 4.54. The molecule has 0 radical (unpaired) electrons. The van der Waals surface area contributed by atoms with Gasteiger partial charge in [0.15, 0.2) is 5.82 Å². The van der Waals surface area contributed by atoms with Crippen molar-refractivity contribution < 1.29 is 4.79 Å². The van der Waals surface area contributed by atoms with E-state index in [0.717, 1.165) is 40.6 Å². The standard InChI is InChI=1S/C19H18BrN7O/c1-2-17(28)24-14-3-4-16-12(7-14)8-23-26-18(16)27-6-5-15(11-27)25-19-21-9-13(20)10-22-19/h2-4,7-10,15H,1,5-6,11H2,(H,24,28)(H,21,22,25). The highest BCUT2D eigenvalue weighted by Gasteiger charge is 2.25. The van der Waals surface area contributed by atoms with Crippen LogP contribution in [0.2, 0.25) is 0 Å². The summed E-state index contributed by atoms with van der Waals surface area (Å²) in [6, 6.07) is 5.92. The van der Waals surface area contributed by atoms with E-state index < -0.39 is 0 Å². The second-order valence-electron chi connectivity index (χ2n) is 6.46. The maximum absolute atomic E-state index is 11.5. The molecule has 1 unspecified atom stereocenters. The topological polar surface area (TPSA) is 95.9 Å². The van der Waals surface area contributed by atoms with Crippen LogP contribution in [0.25, 0.3) is 10.8 Å². The van der Waals surface area contributed by atoms with Gasteiger partial charge in [0.25, 0.3) is 0 Å². The van der Waals surface area contributed by atoms with Crippen LogP contribution in [0.3, 0.4) is 0 Å². The molecule has 2 N–H and O–H groups in total. The van der Waals surface area contributed by atoms with Crippen LogP contribution in [0.4, 0.5) is 17.5 Å². The van der Waals surface area contributed by atoms with E-state index >= 15 is 0 Å². The summed E-state index contributed by atoms with van der Waals surface area (Å²) in [5, 5.41) is 16.5. The highest BCUT2D eigenvalue weighted by Crippen LogP contribution is 2.29. The molecule has 1 aliphatic heterocycles. The lowest BCUT2D eigenvalue weighted by atomic mass is 10.1. The summed E-state index contributed by atoms with van der Waals surface area (Å²) < 4.78 is 0.848. The van der Waals surface area contributed by atoms with E-state index in [4.69, 9.17) is 0 Å². The number of benzene rings is 1. The van der Waals surface area contributed by atoms with E-state index in [1.165, 1.54) is 6.08 Å². The molecule has 9 heteroatoms. The van der Waals surface area contributed by atoms with E-state index in [2.05, 4.69) is 58.2 Å². The number of aromatic nitrogens is 4. The van der Waals surface area contributed by atoms with Gasteiger partial charge in [-0.3, -0.25) is 4.79 Å². The van der Waals surface area contributed by atoms with E-state index in [-0.39, 0.29) is 11.9 Å². The van der Waals surface area contributed by atoms with Gasteiger partial charge >= 0.3 is 0 Å². The van der Waals surface area contributed by atoms with Crippen LogP contribution < -0.4 is 15.5 Å². The van der Waals surface area contributed by atoms with Crippen molar-refractivity contribution in [2.24, 2.45) is 0 Å². The second-order valence-corrected chi connectivity index (χ2v) is 7.38. The molecule has 0 saturated carbocycles. The fraction of sp³-hybridized carbons (Fsp3) is 0.211. The van der Waals surface area contributed by atoms with Gasteiger partial charge in [0.2, 0.25) is 11.9 Å². The Morgan fingerprint density at radius 1 is 1.29 bits per heavy atom. The average molecular weight is 440 g/mol. The Hall–Kier alpha value is -3.07. The summed E-state index contributed by atoms with van der Waals surface area (Å²) in [5.41, 5.74) is 0.699. The van der Waals surface area contributed by atoms with Crippen molar-refractivity contribution in [2.75, 3.05) is 28.6 Å². The Bertz CT molecular complexity index is 1020. The van der Waals surface area contributed by atoms with Gasteiger partial charge in [-0.1, -0.05) is 6.58 Å². The number of nitrogens with zero attached hydrogens (tertiary/aromatic N) is 5. The lowest BCUT2D eigenvalue weighted by molar-refractivity contribution is -0.111. The maximum atomic E-state index is 11.5. The van der Waals surface area contributed by atoms with E-state index in [1.54, 1.807) is 18.6 Å². The molecular formula is C19H18BrN7O. The van der Waals surface area contributed by atoms with Gasteiger partial charge in [0.1, 0.15) is 0 Å². The smallest absolute Gasteiger partial charge is 0.247 e. The molecule has 0 aliphatic carbocycles. The van der Waals surface area contributed by atoms with Gasteiger partial charge in [0, 0.05) is 48.0 Å². The summed E-state index contributed by atoms with van der Waals surface area (Å²) >= 11 is 3.34. The first-order chi connectivity index (χ1) is 13.6. The minimum absolute atomic E-state index is 0.226. The van der Waals surface area contributed by atoms with Crippen molar-refractivity contribution in [2.45, 2.75) is 12.5 Å². The number of rotatable bonds is 5. The predicted molar refractivity (Wildman–Crippen MR) is 112 cm³/mol. The van der Waals surface area contributed by atoms with Crippen LogP contribution in [-0.4, -0.2) is 45.2 Å². The molecule has 142 valence electrons. The van der Waals surface area contributed by atoms with Crippen LogP contribution in [0, 0.1) is 0 Å². The fourth-order valence-corrected chi connectivity index (χ4v) is 3.42. The molecule has 28 heavy (non-hydrogen) atoms. The van der Waals surface area contributed by atoms with Crippen LogP contribution >= 0.6 is 15.9 Å². The van der Waals surface area contributed by atoms with E-state index in [9.17, 15) is 4.79 Å². The summed E-state index contributed by atoms with van der Waals surface area (Å²) in [4.78, 5) is 22.3. The summed E-state index contributed by atoms with van der Waals surface area (Å²) in [6.07, 6.45) is 7.34. The third-order valence-corrected chi connectivity index (χ3v) is 4.95. The Balaban J connectivity index is 1.51. The zero-order valence-electron chi connectivity index (χ0n) is 15.0. The molecule has 1 fully saturated rings. The van der Waals surface area contributed by atoms with Crippen molar-refractivity contribution in [1.82, 2.24) is 20.2 Å². The minimum atomic E-state index is -0.245. The Morgan fingerprint density at radius 3 is 2.89 bits per heavy atom. The minimum Gasteiger partial charge on any atom is -0.352 e. The zero-order chi connectivity index (χ0) is 19.5. The first-order valence-electron chi connectivity index (χ1n) is 8.80. The summed E-state index contributed by atoms with van der Waals surface area (Å²) in [6.45, 7) is 5.11. The Morgan fingerprint density at radius 2 is 2.11 bits per heavy atom. The summed E-state index contributed by atoms with van der Waals surface area (Å²) in [5.74, 6) is 1.20.